The van der Waals surface area contributed by atoms with E-state index in [1.807, 2.05) is 0 Å². The van der Waals surface area contributed by atoms with Crippen LogP contribution in [-0.4, -0.2) is 31.8 Å². The second kappa shape index (κ2) is 7.25. The summed E-state index contributed by atoms with van der Waals surface area (Å²) in [7, 11) is -3.35. The van der Waals surface area contributed by atoms with Gasteiger partial charge >= 0.3 is 0 Å². The Morgan fingerprint density at radius 3 is 2.58 bits per heavy atom. The van der Waals surface area contributed by atoms with Crippen molar-refractivity contribution in [3.63, 3.8) is 0 Å². The van der Waals surface area contributed by atoms with Gasteiger partial charge in [-0.05, 0) is 25.0 Å². The maximum absolute atomic E-state index is 11.9. The number of aliphatic hydroxyl groups is 1. The number of anilines is 1. The molecule has 0 spiro atoms. The number of nitrogens with one attached hydrogen (secondary N) is 1. The lowest BCUT2D eigenvalue weighted by Crippen LogP contribution is -2.15. The quantitative estimate of drug-likeness (QED) is 0.745. The molecule has 2 N–H and O–H groups in total. The predicted octanol–water partition coefficient (Wildman–Crippen LogP) is 1.58. The van der Waals surface area contributed by atoms with Crippen molar-refractivity contribution < 1.29 is 18.3 Å². The summed E-state index contributed by atoms with van der Waals surface area (Å²) in [6.07, 6.45) is 1.40. The number of hydrogen-bond acceptors (Lipinski definition) is 4. The monoisotopic (exact) mass is 285 g/mol. The molecule has 0 unspecified atom stereocenters. The minimum atomic E-state index is -3.35. The van der Waals surface area contributed by atoms with Gasteiger partial charge in [0.1, 0.15) is 0 Å². The van der Waals surface area contributed by atoms with Gasteiger partial charge in [0.2, 0.25) is 5.91 Å². The van der Waals surface area contributed by atoms with Crippen LogP contribution in [0.2, 0.25) is 0 Å². The first kappa shape index (κ1) is 15.7. The molecule has 0 aromatic heterocycles. The van der Waals surface area contributed by atoms with Crippen molar-refractivity contribution in [1.29, 1.82) is 0 Å². The molecule has 0 radical (unpaired) electrons. The second-order valence-electron chi connectivity index (χ2n) is 4.13. The Morgan fingerprint density at radius 2 is 1.95 bits per heavy atom. The summed E-state index contributed by atoms with van der Waals surface area (Å²) in [4.78, 5) is 11.8. The van der Waals surface area contributed by atoms with E-state index in [0.717, 1.165) is 0 Å². The molecule has 0 saturated carbocycles. The van der Waals surface area contributed by atoms with Crippen molar-refractivity contribution >= 4 is 21.4 Å². The summed E-state index contributed by atoms with van der Waals surface area (Å²) in [5, 5.41) is 11.3. The standard InChI is InChI=1S/C13H19NO4S/c1-2-19(17,18)12-8-4-3-7-11(12)14-13(16)9-5-6-10-15/h3-4,7-8,15H,2,5-6,9-10H2,1H3,(H,14,16). The van der Waals surface area contributed by atoms with Crippen LogP contribution in [0.5, 0.6) is 0 Å². The average Bonchev–Trinajstić information content (AvgIpc) is 2.39. The Morgan fingerprint density at radius 1 is 1.26 bits per heavy atom. The van der Waals surface area contributed by atoms with E-state index in [1.165, 1.54) is 6.07 Å². The maximum atomic E-state index is 11.9. The Labute approximate surface area is 113 Å². The summed E-state index contributed by atoms with van der Waals surface area (Å²) in [6.45, 7) is 1.61. The lowest BCUT2D eigenvalue weighted by atomic mass is 10.2. The molecule has 0 heterocycles. The number of aliphatic hydroxyl groups excluding tert-OH is 1. The number of para-hydroxylation sites is 1. The molecule has 0 atom stereocenters. The summed E-state index contributed by atoms with van der Waals surface area (Å²) in [5.41, 5.74) is 0.318. The molecule has 0 fully saturated rings. The Bertz CT molecular complexity index is 525. The van der Waals surface area contributed by atoms with Crippen molar-refractivity contribution in [2.45, 2.75) is 31.1 Å². The molecule has 19 heavy (non-hydrogen) atoms. The molecule has 0 aliphatic heterocycles. The van der Waals surface area contributed by atoms with Gasteiger partial charge in [-0.2, -0.15) is 0 Å². The van der Waals surface area contributed by atoms with Crippen LogP contribution in [0, 0.1) is 0 Å². The van der Waals surface area contributed by atoms with Gasteiger partial charge in [-0.25, -0.2) is 8.42 Å². The van der Waals surface area contributed by atoms with Crippen LogP contribution in [0.4, 0.5) is 5.69 Å². The van der Waals surface area contributed by atoms with Crippen molar-refractivity contribution in [1.82, 2.24) is 0 Å². The Hall–Kier alpha value is -1.40. The van der Waals surface area contributed by atoms with Crippen LogP contribution < -0.4 is 5.32 Å². The second-order valence-corrected chi connectivity index (χ2v) is 6.38. The molecule has 1 aromatic carbocycles. The molecule has 0 saturated heterocycles. The molecule has 0 bridgehead atoms. The highest BCUT2D eigenvalue weighted by atomic mass is 32.2. The first-order valence-electron chi connectivity index (χ1n) is 6.23. The highest BCUT2D eigenvalue weighted by Gasteiger charge is 2.17. The number of unbranched alkanes of at least 4 members (excludes halogenated alkanes) is 1. The molecule has 106 valence electrons. The minimum absolute atomic E-state index is 0.00953. The van der Waals surface area contributed by atoms with Gasteiger partial charge in [0.25, 0.3) is 0 Å². The largest absolute Gasteiger partial charge is 0.396 e. The molecular formula is C13H19NO4S. The summed E-state index contributed by atoms with van der Waals surface area (Å²) < 4.78 is 23.8. The number of carbonyl (C=O) groups excluding carboxylic acids is 1. The van der Waals surface area contributed by atoms with Crippen LogP contribution >= 0.6 is 0 Å². The van der Waals surface area contributed by atoms with Gasteiger partial charge in [-0.15, -0.1) is 0 Å². The average molecular weight is 285 g/mol. The number of rotatable bonds is 7. The Balaban J connectivity index is 2.82. The fourth-order valence-electron chi connectivity index (χ4n) is 1.61. The smallest absolute Gasteiger partial charge is 0.224 e. The van der Waals surface area contributed by atoms with E-state index in [1.54, 1.807) is 25.1 Å². The summed E-state index contributed by atoms with van der Waals surface area (Å²) in [5.74, 6) is -0.253. The fraction of sp³-hybridized carbons (Fsp3) is 0.462. The third-order valence-electron chi connectivity index (χ3n) is 2.69. The van der Waals surface area contributed by atoms with Gasteiger partial charge in [0, 0.05) is 13.0 Å². The third-order valence-corrected chi connectivity index (χ3v) is 4.47. The van der Waals surface area contributed by atoms with E-state index in [4.69, 9.17) is 5.11 Å². The number of sulfone groups is 1. The SMILES string of the molecule is CCS(=O)(=O)c1ccccc1NC(=O)CCCCO. The van der Waals surface area contributed by atoms with E-state index < -0.39 is 9.84 Å². The van der Waals surface area contributed by atoms with E-state index in [-0.39, 0.29) is 29.6 Å². The molecule has 6 heteroatoms. The first-order valence-corrected chi connectivity index (χ1v) is 7.89. The van der Waals surface area contributed by atoms with Crippen LogP contribution in [0.25, 0.3) is 0 Å². The topological polar surface area (TPSA) is 83.5 Å². The normalized spacial score (nSPS) is 11.3. The maximum Gasteiger partial charge on any atom is 0.224 e. The van der Waals surface area contributed by atoms with Crippen LogP contribution in [-0.2, 0) is 14.6 Å². The van der Waals surface area contributed by atoms with Gasteiger partial charge in [-0.3, -0.25) is 4.79 Å². The predicted molar refractivity (Wildman–Crippen MR) is 73.7 cm³/mol. The van der Waals surface area contributed by atoms with Gasteiger partial charge in [-0.1, -0.05) is 19.1 Å². The molecule has 1 amide bonds. The molecule has 5 nitrogen and oxygen atoms in total. The third kappa shape index (κ3) is 4.65. The number of carbonyl (C=O) groups is 1. The highest BCUT2D eigenvalue weighted by Crippen LogP contribution is 2.22. The van der Waals surface area contributed by atoms with Crippen molar-refractivity contribution in [3.8, 4) is 0 Å². The molecule has 0 aliphatic rings. The first-order chi connectivity index (χ1) is 9.01. The van der Waals surface area contributed by atoms with E-state index >= 15 is 0 Å². The van der Waals surface area contributed by atoms with Crippen LogP contribution in [0.3, 0.4) is 0 Å². The summed E-state index contributed by atoms with van der Waals surface area (Å²) >= 11 is 0. The minimum Gasteiger partial charge on any atom is -0.396 e. The van der Waals surface area contributed by atoms with E-state index in [2.05, 4.69) is 5.32 Å². The molecule has 1 rings (SSSR count). The highest BCUT2D eigenvalue weighted by molar-refractivity contribution is 7.91. The Kier molecular flexibility index (Phi) is 5.98. The number of amides is 1. The van der Waals surface area contributed by atoms with Gasteiger partial charge < -0.3 is 10.4 Å². The van der Waals surface area contributed by atoms with Crippen molar-refractivity contribution in [3.05, 3.63) is 24.3 Å². The lowest BCUT2D eigenvalue weighted by Gasteiger charge is -2.10. The van der Waals surface area contributed by atoms with E-state index in [0.29, 0.717) is 18.5 Å². The molecule has 0 aliphatic carbocycles. The summed E-state index contributed by atoms with van der Waals surface area (Å²) in [6, 6.07) is 6.37. The lowest BCUT2D eigenvalue weighted by molar-refractivity contribution is -0.116. The zero-order valence-corrected chi connectivity index (χ0v) is 11.7. The zero-order valence-electron chi connectivity index (χ0n) is 10.9. The fourth-order valence-corrected chi connectivity index (χ4v) is 2.66. The molecule has 1 aromatic rings. The van der Waals surface area contributed by atoms with Crippen molar-refractivity contribution in [2.24, 2.45) is 0 Å². The van der Waals surface area contributed by atoms with Crippen molar-refractivity contribution in [2.75, 3.05) is 17.7 Å². The van der Waals surface area contributed by atoms with Crippen LogP contribution in [0.15, 0.2) is 29.2 Å². The van der Waals surface area contributed by atoms with Gasteiger partial charge in [0.05, 0.1) is 16.3 Å². The van der Waals surface area contributed by atoms with Crippen LogP contribution in [0.1, 0.15) is 26.2 Å². The van der Waals surface area contributed by atoms with Gasteiger partial charge in [0.15, 0.2) is 9.84 Å². The zero-order chi connectivity index (χ0) is 14.3. The van der Waals surface area contributed by atoms with E-state index in [9.17, 15) is 13.2 Å². The number of hydrogen-bond donors (Lipinski definition) is 2. The number of benzene rings is 1. The molecular weight excluding hydrogens is 266 g/mol.